The smallest absolute Gasteiger partial charge is 0.234 e. The molecule has 0 fully saturated rings. The van der Waals surface area contributed by atoms with Crippen LogP contribution in [0.1, 0.15) is 44.9 Å². The van der Waals surface area contributed by atoms with Gasteiger partial charge in [0.2, 0.25) is 11.8 Å². The molecule has 0 heterocycles. The summed E-state index contributed by atoms with van der Waals surface area (Å²) in [6.07, 6.45) is 0. The van der Waals surface area contributed by atoms with Crippen molar-refractivity contribution < 1.29 is 19.1 Å². The van der Waals surface area contributed by atoms with Gasteiger partial charge in [-0.2, -0.15) is 0 Å². The molecule has 6 nitrogen and oxygen atoms in total. The van der Waals surface area contributed by atoms with Gasteiger partial charge in [-0.1, -0.05) is 32.0 Å². The number of ether oxygens (including phenoxy) is 2. The van der Waals surface area contributed by atoms with E-state index in [9.17, 15) is 9.59 Å². The van der Waals surface area contributed by atoms with Gasteiger partial charge in [0.25, 0.3) is 0 Å². The summed E-state index contributed by atoms with van der Waals surface area (Å²) in [5.74, 6) is 1.74. The fourth-order valence-corrected chi connectivity index (χ4v) is 3.90. The Morgan fingerprint density at radius 3 is 2.28 bits per heavy atom. The molecule has 0 radical (unpaired) electrons. The van der Waals surface area contributed by atoms with Crippen LogP contribution >= 0.6 is 11.8 Å². The van der Waals surface area contributed by atoms with Crippen LogP contribution in [0.5, 0.6) is 11.5 Å². The third kappa shape index (κ3) is 8.11. The molecule has 7 heteroatoms. The molecule has 0 saturated carbocycles. The molecule has 0 aliphatic rings. The maximum Gasteiger partial charge on any atom is 0.234 e. The predicted octanol–water partition coefficient (Wildman–Crippen LogP) is 4.98. The van der Waals surface area contributed by atoms with Crippen LogP contribution in [0.25, 0.3) is 0 Å². The Kier molecular flexibility index (Phi) is 10.4. The molecular weight excluding hydrogens is 424 g/mol. The summed E-state index contributed by atoms with van der Waals surface area (Å²) >= 11 is 1.29. The van der Waals surface area contributed by atoms with E-state index < -0.39 is 0 Å². The van der Waals surface area contributed by atoms with Crippen LogP contribution < -0.4 is 20.1 Å². The standard InChI is InChI=1S/C25H34N2O4S/c1-6-30-21-12-11-19(14-22(21)31-7-2)25(17(3)4)27-24(29)16-32-15-23(28)26-20-10-8-9-18(5)13-20/h8-14,17,25H,6-7,15-16H2,1-5H3,(H,26,28)(H,27,29). The molecule has 2 N–H and O–H groups in total. The van der Waals surface area contributed by atoms with Gasteiger partial charge in [0.15, 0.2) is 11.5 Å². The SMILES string of the molecule is CCOc1ccc(C(NC(=O)CSCC(=O)Nc2cccc(C)c2)C(C)C)cc1OCC. The van der Waals surface area contributed by atoms with E-state index in [1.54, 1.807) is 0 Å². The van der Waals surface area contributed by atoms with E-state index >= 15 is 0 Å². The quantitative estimate of drug-likeness (QED) is 0.469. The lowest BCUT2D eigenvalue weighted by atomic mass is 9.95. The first kappa shape index (κ1) is 25.6. The largest absolute Gasteiger partial charge is 0.490 e. The van der Waals surface area contributed by atoms with Crippen LogP contribution in [0.2, 0.25) is 0 Å². The molecule has 0 aliphatic heterocycles. The van der Waals surface area contributed by atoms with Crippen molar-refractivity contribution in [3.05, 3.63) is 53.6 Å². The molecule has 2 rings (SSSR count). The Balaban J connectivity index is 1.92. The second-order valence-electron chi connectivity index (χ2n) is 7.77. The Morgan fingerprint density at radius 1 is 0.938 bits per heavy atom. The first-order valence-electron chi connectivity index (χ1n) is 11.0. The summed E-state index contributed by atoms with van der Waals surface area (Å²) < 4.78 is 11.4. The Hall–Kier alpha value is -2.67. The lowest BCUT2D eigenvalue weighted by molar-refractivity contribution is -0.119. The number of aryl methyl sites for hydroxylation is 1. The van der Waals surface area contributed by atoms with E-state index in [0.717, 1.165) is 16.8 Å². The van der Waals surface area contributed by atoms with Gasteiger partial charge in [-0.15, -0.1) is 11.8 Å². The summed E-state index contributed by atoms with van der Waals surface area (Å²) in [5, 5.41) is 5.95. The minimum atomic E-state index is -0.167. The molecule has 1 unspecified atom stereocenters. The highest BCUT2D eigenvalue weighted by Gasteiger charge is 2.20. The van der Waals surface area contributed by atoms with E-state index in [4.69, 9.17) is 9.47 Å². The average molecular weight is 459 g/mol. The first-order chi connectivity index (χ1) is 15.3. The van der Waals surface area contributed by atoms with Gasteiger partial charge < -0.3 is 20.1 Å². The molecule has 0 saturated heterocycles. The third-order valence-corrected chi connectivity index (χ3v) is 5.61. The lowest BCUT2D eigenvalue weighted by Gasteiger charge is -2.24. The fourth-order valence-electron chi connectivity index (χ4n) is 3.27. The van der Waals surface area contributed by atoms with Crippen LogP contribution in [0, 0.1) is 12.8 Å². The minimum Gasteiger partial charge on any atom is -0.490 e. The number of benzene rings is 2. The van der Waals surface area contributed by atoms with Gasteiger partial charge in [-0.05, 0) is 62.1 Å². The first-order valence-corrected chi connectivity index (χ1v) is 12.1. The number of nitrogens with one attached hydrogen (secondary N) is 2. The van der Waals surface area contributed by atoms with Crippen LogP contribution in [0.3, 0.4) is 0 Å². The van der Waals surface area contributed by atoms with E-state index in [2.05, 4.69) is 24.5 Å². The Morgan fingerprint density at radius 2 is 1.62 bits per heavy atom. The molecule has 2 aromatic carbocycles. The normalized spacial score (nSPS) is 11.7. The highest BCUT2D eigenvalue weighted by molar-refractivity contribution is 8.00. The van der Waals surface area contributed by atoms with Crippen molar-refractivity contribution in [3.8, 4) is 11.5 Å². The molecule has 0 aliphatic carbocycles. The monoisotopic (exact) mass is 458 g/mol. The number of hydrogen-bond donors (Lipinski definition) is 2. The Labute approximate surface area is 195 Å². The van der Waals surface area contributed by atoms with Gasteiger partial charge in [0.05, 0.1) is 30.8 Å². The number of carbonyl (C=O) groups excluding carboxylic acids is 2. The van der Waals surface area contributed by atoms with E-state index in [0.29, 0.717) is 24.7 Å². The van der Waals surface area contributed by atoms with E-state index in [-0.39, 0.29) is 35.3 Å². The molecule has 1 atom stereocenters. The molecule has 2 aromatic rings. The van der Waals surface area contributed by atoms with Gasteiger partial charge in [-0.3, -0.25) is 9.59 Å². The van der Waals surface area contributed by atoms with Crippen molar-refractivity contribution in [1.82, 2.24) is 5.32 Å². The number of carbonyl (C=O) groups is 2. The summed E-state index contributed by atoms with van der Waals surface area (Å²) in [6.45, 7) is 11.0. The Bertz CT molecular complexity index is 901. The van der Waals surface area contributed by atoms with Crippen molar-refractivity contribution in [3.63, 3.8) is 0 Å². The van der Waals surface area contributed by atoms with Gasteiger partial charge in [0, 0.05) is 5.69 Å². The zero-order valence-corrected chi connectivity index (χ0v) is 20.4. The minimum absolute atomic E-state index is 0.107. The summed E-state index contributed by atoms with van der Waals surface area (Å²) in [5.41, 5.74) is 2.80. The van der Waals surface area contributed by atoms with Gasteiger partial charge in [-0.25, -0.2) is 0 Å². The van der Waals surface area contributed by atoms with Crippen LogP contribution in [0.15, 0.2) is 42.5 Å². The molecule has 0 bridgehead atoms. The average Bonchev–Trinajstić information content (AvgIpc) is 2.73. The maximum absolute atomic E-state index is 12.6. The van der Waals surface area contributed by atoms with Crippen molar-refractivity contribution in [2.24, 2.45) is 5.92 Å². The molecule has 0 spiro atoms. The maximum atomic E-state index is 12.6. The molecule has 174 valence electrons. The fraction of sp³-hybridized carbons (Fsp3) is 0.440. The van der Waals surface area contributed by atoms with Crippen molar-refractivity contribution in [2.75, 3.05) is 30.0 Å². The number of amides is 2. The van der Waals surface area contributed by atoms with Crippen LogP contribution in [-0.2, 0) is 9.59 Å². The van der Waals surface area contributed by atoms with Crippen molar-refractivity contribution in [2.45, 2.75) is 40.7 Å². The second-order valence-corrected chi connectivity index (χ2v) is 8.76. The number of thioether (sulfide) groups is 1. The van der Waals surface area contributed by atoms with Crippen molar-refractivity contribution >= 4 is 29.3 Å². The highest BCUT2D eigenvalue weighted by Crippen LogP contribution is 2.33. The lowest BCUT2D eigenvalue weighted by Crippen LogP contribution is -2.33. The highest BCUT2D eigenvalue weighted by atomic mass is 32.2. The zero-order chi connectivity index (χ0) is 23.5. The van der Waals surface area contributed by atoms with Gasteiger partial charge in [0.1, 0.15) is 0 Å². The zero-order valence-electron chi connectivity index (χ0n) is 19.6. The molecule has 2 amide bonds. The summed E-state index contributed by atoms with van der Waals surface area (Å²) in [7, 11) is 0. The van der Waals surface area contributed by atoms with Crippen molar-refractivity contribution in [1.29, 1.82) is 0 Å². The molecular formula is C25H34N2O4S. The van der Waals surface area contributed by atoms with Gasteiger partial charge >= 0.3 is 0 Å². The summed E-state index contributed by atoms with van der Waals surface area (Å²) in [4.78, 5) is 24.7. The second kappa shape index (κ2) is 13.0. The van der Waals surface area contributed by atoms with E-state index in [1.165, 1.54) is 11.8 Å². The van der Waals surface area contributed by atoms with Crippen LogP contribution in [-0.4, -0.2) is 36.5 Å². The van der Waals surface area contributed by atoms with Crippen LogP contribution in [0.4, 0.5) is 5.69 Å². The third-order valence-electron chi connectivity index (χ3n) is 4.68. The number of hydrogen-bond acceptors (Lipinski definition) is 5. The topological polar surface area (TPSA) is 76.7 Å². The molecule has 32 heavy (non-hydrogen) atoms. The molecule has 0 aromatic heterocycles. The summed E-state index contributed by atoms with van der Waals surface area (Å²) in [6, 6.07) is 13.2. The van der Waals surface area contributed by atoms with E-state index in [1.807, 2.05) is 63.2 Å². The predicted molar refractivity (Wildman–Crippen MR) is 132 cm³/mol. The number of anilines is 1. The number of rotatable bonds is 12.